The molecule has 0 bridgehead atoms. The highest BCUT2D eigenvalue weighted by molar-refractivity contribution is 5.85. The van der Waals surface area contributed by atoms with Crippen molar-refractivity contribution >= 4 is 12.4 Å². The van der Waals surface area contributed by atoms with Gasteiger partial charge >= 0.3 is 0 Å². The van der Waals surface area contributed by atoms with Crippen LogP contribution in [0, 0.1) is 5.41 Å². The summed E-state index contributed by atoms with van der Waals surface area (Å²) in [6, 6.07) is 0.274. The Kier molecular flexibility index (Phi) is 4.53. The van der Waals surface area contributed by atoms with E-state index in [-0.39, 0.29) is 30.0 Å². The largest absolute Gasteiger partial charge is 0.391 e. The molecule has 0 aromatic heterocycles. The van der Waals surface area contributed by atoms with Gasteiger partial charge in [-0.15, -0.1) is 12.4 Å². The van der Waals surface area contributed by atoms with E-state index in [1.807, 2.05) is 0 Å². The first-order chi connectivity index (χ1) is 5.02. The van der Waals surface area contributed by atoms with E-state index in [0.717, 1.165) is 19.4 Å². The van der Waals surface area contributed by atoms with E-state index in [1.165, 1.54) is 0 Å². The number of rotatable bonds is 0. The predicted molar refractivity (Wildman–Crippen MR) is 53.7 cm³/mol. The minimum atomic E-state index is -0.149. The van der Waals surface area contributed by atoms with Crippen LogP contribution in [0.5, 0.6) is 0 Å². The van der Waals surface area contributed by atoms with Gasteiger partial charge in [0.05, 0.1) is 6.10 Å². The molecule has 2 nitrogen and oxygen atoms in total. The second-order valence-corrected chi connectivity index (χ2v) is 4.51. The van der Waals surface area contributed by atoms with Crippen molar-refractivity contribution in [3.63, 3.8) is 0 Å². The third-order valence-corrected chi connectivity index (χ3v) is 2.36. The number of halogens is 1. The zero-order valence-electron chi connectivity index (χ0n) is 8.13. The quantitative estimate of drug-likeness (QED) is 0.612. The van der Waals surface area contributed by atoms with Gasteiger partial charge in [0.15, 0.2) is 0 Å². The first kappa shape index (κ1) is 12.2. The van der Waals surface area contributed by atoms with Gasteiger partial charge in [-0.1, -0.05) is 20.8 Å². The number of hydrogen-bond acceptors (Lipinski definition) is 2. The average molecular weight is 194 g/mol. The Bertz CT molecular complexity index is 133. The number of aliphatic hydroxyl groups is 1. The highest BCUT2D eigenvalue weighted by Crippen LogP contribution is 2.25. The molecule has 12 heavy (non-hydrogen) atoms. The maximum Gasteiger partial charge on any atom is 0.0698 e. The smallest absolute Gasteiger partial charge is 0.0698 e. The van der Waals surface area contributed by atoms with E-state index in [1.54, 1.807) is 0 Å². The Hall–Kier alpha value is 0.210. The lowest BCUT2D eigenvalue weighted by Gasteiger charge is -2.38. The number of hydrogen-bond donors (Lipinski definition) is 2. The molecule has 0 aromatic carbocycles. The van der Waals surface area contributed by atoms with Crippen molar-refractivity contribution < 1.29 is 5.11 Å². The van der Waals surface area contributed by atoms with Gasteiger partial charge in [-0.3, -0.25) is 0 Å². The Morgan fingerprint density at radius 1 is 1.33 bits per heavy atom. The lowest BCUT2D eigenvalue weighted by molar-refractivity contribution is 0.0448. The van der Waals surface area contributed by atoms with Crippen LogP contribution in [-0.2, 0) is 0 Å². The van der Waals surface area contributed by atoms with Gasteiger partial charge < -0.3 is 10.4 Å². The van der Waals surface area contributed by atoms with Crippen molar-refractivity contribution in [3.8, 4) is 0 Å². The molecule has 0 spiro atoms. The summed E-state index contributed by atoms with van der Waals surface area (Å²) in [5.41, 5.74) is 0.180. The van der Waals surface area contributed by atoms with E-state index >= 15 is 0 Å². The first-order valence-electron chi connectivity index (χ1n) is 4.43. The summed E-state index contributed by atoms with van der Waals surface area (Å²) < 4.78 is 0. The van der Waals surface area contributed by atoms with Crippen LogP contribution in [-0.4, -0.2) is 23.8 Å². The highest BCUT2D eigenvalue weighted by atomic mass is 35.5. The Labute approximate surface area is 81.2 Å². The third-order valence-electron chi connectivity index (χ3n) is 2.36. The van der Waals surface area contributed by atoms with Crippen molar-refractivity contribution in [2.24, 2.45) is 5.41 Å². The van der Waals surface area contributed by atoms with Crippen LogP contribution in [0.3, 0.4) is 0 Å². The molecule has 2 N–H and O–H groups in total. The molecular formula is C9H20ClNO. The van der Waals surface area contributed by atoms with Crippen LogP contribution >= 0.6 is 12.4 Å². The van der Waals surface area contributed by atoms with Crippen LogP contribution in [0.25, 0.3) is 0 Å². The van der Waals surface area contributed by atoms with E-state index in [9.17, 15) is 5.11 Å². The molecule has 0 aliphatic carbocycles. The van der Waals surface area contributed by atoms with E-state index in [4.69, 9.17) is 0 Å². The molecule has 74 valence electrons. The van der Waals surface area contributed by atoms with Gasteiger partial charge in [0.1, 0.15) is 0 Å². The van der Waals surface area contributed by atoms with Crippen molar-refractivity contribution in [3.05, 3.63) is 0 Å². The molecule has 0 amide bonds. The first-order valence-corrected chi connectivity index (χ1v) is 4.43. The van der Waals surface area contributed by atoms with E-state index in [0.29, 0.717) is 0 Å². The summed E-state index contributed by atoms with van der Waals surface area (Å²) in [5.74, 6) is 0. The summed E-state index contributed by atoms with van der Waals surface area (Å²) in [6.07, 6.45) is 1.91. The van der Waals surface area contributed by atoms with E-state index < -0.39 is 0 Å². The molecule has 1 aliphatic heterocycles. The van der Waals surface area contributed by atoms with Crippen LogP contribution in [0.4, 0.5) is 0 Å². The molecule has 1 fully saturated rings. The zero-order valence-corrected chi connectivity index (χ0v) is 8.95. The molecule has 1 saturated heterocycles. The van der Waals surface area contributed by atoms with Crippen molar-refractivity contribution in [2.45, 2.75) is 45.8 Å². The lowest BCUT2D eigenvalue weighted by atomic mass is 9.80. The van der Waals surface area contributed by atoms with Gasteiger partial charge in [-0.05, 0) is 24.8 Å². The van der Waals surface area contributed by atoms with Crippen molar-refractivity contribution in [2.75, 3.05) is 6.54 Å². The summed E-state index contributed by atoms with van der Waals surface area (Å²) in [5, 5.41) is 13.0. The Morgan fingerprint density at radius 2 is 1.92 bits per heavy atom. The molecule has 1 aliphatic rings. The van der Waals surface area contributed by atoms with Gasteiger partial charge in [0.25, 0.3) is 0 Å². The van der Waals surface area contributed by atoms with Gasteiger partial charge in [0.2, 0.25) is 0 Å². The van der Waals surface area contributed by atoms with Crippen LogP contribution < -0.4 is 5.32 Å². The summed E-state index contributed by atoms with van der Waals surface area (Å²) >= 11 is 0. The molecule has 0 aromatic rings. The molecule has 0 radical (unpaired) electrons. The van der Waals surface area contributed by atoms with Gasteiger partial charge in [0, 0.05) is 6.04 Å². The Balaban J connectivity index is 0.00000121. The molecular weight excluding hydrogens is 174 g/mol. The number of aliphatic hydroxyl groups excluding tert-OH is 1. The van der Waals surface area contributed by atoms with Crippen molar-refractivity contribution in [1.82, 2.24) is 5.32 Å². The lowest BCUT2D eigenvalue weighted by Crippen LogP contribution is -2.52. The molecule has 1 rings (SSSR count). The summed E-state index contributed by atoms with van der Waals surface area (Å²) in [7, 11) is 0. The molecule has 0 saturated carbocycles. The minimum absolute atomic E-state index is 0. The second kappa shape index (κ2) is 4.45. The fourth-order valence-corrected chi connectivity index (χ4v) is 1.75. The molecule has 2 atom stereocenters. The molecule has 3 heteroatoms. The highest BCUT2D eigenvalue weighted by Gasteiger charge is 2.32. The Morgan fingerprint density at radius 3 is 2.25 bits per heavy atom. The summed E-state index contributed by atoms with van der Waals surface area (Å²) in [4.78, 5) is 0. The monoisotopic (exact) mass is 193 g/mol. The topological polar surface area (TPSA) is 32.3 Å². The van der Waals surface area contributed by atoms with Gasteiger partial charge in [-0.2, -0.15) is 0 Å². The molecule has 1 heterocycles. The van der Waals surface area contributed by atoms with Crippen molar-refractivity contribution in [1.29, 1.82) is 0 Å². The van der Waals surface area contributed by atoms with Crippen LogP contribution in [0.1, 0.15) is 33.6 Å². The standard InChI is InChI=1S/C9H19NO.ClH/c1-9(2,3)8-7(11)5-4-6-10-8;/h7-8,10-11H,4-6H2,1-3H3;1H. The second-order valence-electron chi connectivity index (χ2n) is 4.51. The normalized spacial score (nSPS) is 31.0. The molecule has 2 unspecified atom stereocenters. The summed E-state index contributed by atoms with van der Waals surface area (Å²) in [6.45, 7) is 7.55. The minimum Gasteiger partial charge on any atom is -0.391 e. The number of piperidine rings is 1. The number of nitrogens with one attached hydrogen (secondary N) is 1. The van der Waals surface area contributed by atoms with E-state index in [2.05, 4.69) is 26.1 Å². The van der Waals surface area contributed by atoms with Crippen LogP contribution in [0.2, 0.25) is 0 Å². The van der Waals surface area contributed by atoms with Gasteiger partial charge in [-0.25, -0.2) is 0 Å². The maximum atomic E-state index is 9.64. The third kappa shape index (κ3) is 2.92. The zero-order chi connectivity index (χ0) is 8.48. The average Bonchev–Trinajstić information content (AvgIpc) is 1.86. The maximum absolute atomic E-state index is 9.64. The predicted octanol–water partition coefficient (Wildman–Crippen LogP) is 1.57. The SMILES string of the molecule is CC(C)(C)C1NCCCC1O.Cl. The van der Waals surface area contributed by atoms with Crippen LogP contribution in [0.15, 0.2) is 0 Å². The fraction of sp³-hybridized carbons (Fsp3) is 1.00. The fourth-order valence-electron chi connectivity index (χ4n) is 1.75.